The molecule has 0 fully saturated rings. The van der Waals surface area contributed by atoms with Crippen molar-refractivity contribution in [2.24, 2.45) is 7.05 Å². The van der Waals surface area contributed by atoms with Crippen LogP contribution in [-0.4, -0.2) is 23.9 Å². The van der Waals surface area contributed by atoms with Gasteiger partial charge in [-0.2, -0.15) is 0 Å². The number of hydrogen-bond donors (Lipinski definition) is 1. The summed E-state index contributed by atoms with van der Waals surface area (Å²) < 4.78 is 24.7. The number of hydrogen-bond acceptors (Lipinski definition) is 4. The van der Waals surface area contributed by atoms with Crippen molar-refractivity contribution in [2.45, 2.75) is 18.4 Å². The SMILES string of the molecule is Cc1c(S(=O)(=O)Cl)cc(C(=O)NCc2cccc3ncccc23)n1C. The van der Waals surface area contributed by atoms with E-state index in [-0.39, 0.29) is 16.5 Å². The number of amides is 1. The van der Waals surface area contributed by atoms with Gasteiger partial charge in [0.05, 0.1) is 5.52 Å². The highest BCUT2D eigenvalue weighted by atomic mass is 35.7. The fraction of sp³-hybridized carbons (Fsp3) is 0.176. The number of halogens is 1. The van der Waals surface area contributed by atoms with Crippen LogP contribution in [0, 0.1) is 6.92 Å². The Bertz CT molecular complexity index is 1070. The van der Waals surface area contributed by atoms with Crippen molar-refractivity contribution in [3.63, 3.8) is 0 Å². The van der Waals surface area contributed by atoms with Crippen LogP contribution in [-0.2, 0) is 22.6 Å². The van der Waals surface area contributed by atoms with Crippen LogP contribution in [0.15, 0.2) is 47.5 Å². The van der Waals surface area contributed by atoms with Gasteiger partial charge < -0.3 is 9.88 Å². The molecule has 130 valence electrons. The predicted molar refractivity (Wildman–Crippen MR) is 96.1 cm³/mol. The monoisotopic (exact) mass is 377 g/mol. The molecule has 2 heterocycles. The van der Waals surface area contributed by atoms with Crippen LogP contribution in [0.4, 0.5) is 0 Å². The van der Waals surface area contributed by atoms with Gasteiger partial charge in [-0.3, -0.25) is 9.78 Å². The normalized spacial score (nSPS) is 11.6. The molecular formula is C17H16ClN3O3S. The second kappa shape index (κ2) is 6.50. The highest BCUT2D eigenvalue weighted by Gasteiger charge is 2.22. The Hall–Kier alpha value is -2.38. The smallest absolute Gasteiger partial charge is 0.268 e. The molecule has 0 saturated heterocycles. The third kappa shape index (κ3) is 3.38. The molecule has 1 N–H and O–H groups in total. The van der Waals surface area contributed by atoms with Crippen molar-refractivity contribution in [3.8, 4) is 0 Å². The summed E-state index contributed by atoms with van der Waals surface area (Å²) in [5, 5.41) is 3.77. The molecule has 6 nitrogen and oxygen atoms in total. The van der Waals surface area contributed by atoms with Gasteiger partial charge in [0, 0.05) is 41.6 Å². The summed E-state index contributed by atoms with van der Waals surface area (Å²) in [5.74, 6) is -0.377. The number of aromatic nitrogens is 2. The van der Waals surface area contributed by atoms with Gasteiger partial charge in [0.15, 0.2) is 0 Å². The third-order valence-corrected chi connectivity index (χ3v) is 5.60. The van der Waals surface area contributed by atoms with E-state index in [1.54, 1.807) is 20.2 Å². The number of pyridine rings is 1. The van der Waals surface area contributed by atoms with E-state index in [1.165, 1.54) is 10.6 Å². The largest absolute Gasteiger partial charge is 0.347 e. The summed E-state index contributed by atoms with van der Waals surface area (Å²) in [5.41, 5.74) is 2.42. The van der Waals surface area contributed by atoms with Gasteiger partial charge >= 0.3 is 0 Å². The molecule has 0 aliphatic carbocycles. The number of fused-ring (bicyclic) bond motifs is 1. The Labute approximate surface area is 149 Å². The molecule has 0 aliphatic heterocycles. The molecule has 0 unspecified atom stereocenters. The average molecular weight is 378 g/mol. The van der Waals surface area contributed by atoms with E-state index in [4.69, 9.17) is 10.7 Å². The van der Waals surface area contributed by atoms with E-state index in [0.29, 0.717) is 12.2 Å². The zero-order valence-electron chi connectivity index (χ0n) is 13.7. The summed E-state index contributed by atoms with van der Waals surface area (Å²) in [4.78, 5) is 16.7. The number of carbonyl (C=O) groups excluding carboxylic acids is 1. The second-order valence-electron chi connectivity index (χ2n) is 5.65. The average Bonchev–Trinajstić information content (AvgIpc) is 2.88. The van der Waals surface area contributed by atoms with Crippen LogP contribution in [0.25, 0.3) is 10.9 Å². The molecule has 3 rings (SSSR count). The summed E-state index contributed by atoms with van der Waals surface area (Å²) in [7, 11) is 3.13. The highest BCUT2D eigenvalue weighted by molar-refractivity contribution is 8.13. The Morgan fingerprint density at radius 2 is 2.04 bits per heavy atom. The maximum absolute atomic E-state index is 12.5. The lowest BCUT2D eigenvalue weighted by Crippen LogP contribution is -2.25. The molecule has 25 heavy (non-hydrogen) atoms. The lowest BCUT2D eigenvalue weighted by molar-refractivity contribution is 0.0942. The number of nitrogens with zero attached hydrogens (tertiary/aromatic N) is 2. The third-order valence-electron chi connectivity index (χ3n) is 4.16. The van der Waals surface area contributed by atoms with Crippen LogP contribution in [0.1, 0.15) is 21.7 Å². The van der Waals surface area contributed by atoms with E-state index in [0.717, 1.165) is 16.5 Å². The zero-order valence-corrected chi connectivity index (χ0v) is 15.2. The van der Waals surface area contributed by atoms with Crippen LogP contribution < -0.4 is 5.32 Å². The van der Waals surface area contributed by atoms with Gasteiger partial charge in [-0.15, -0.1) is 0 Å². The van der Waals surface area contributed by atoms with Crippen LogP contribution in [0.2, 0.25) is 0 Å². The first-order valence-electron chi connectivity index (χ1n) is 7.51. The van der Waals surface area contributed by atoms with Crippen molar-refractivity contribution < 1.29 is 13.2 Å². The molecular weight excluding hydrogens is 362 g/mol. The van der Waals surface area contributed by atoms with Gasteiger partial charge in [0.1, 0.15) is 10.6 Å². The van der Waals surface area contributed by atoms with E-state index in [9.17, 15) is 13.2 Å². The lowest BCUT2D eigenvalue weighted by atomic mass is 10.1. The molecule has 2 aromatic heterocycles. The molecule has 0 radical (unpaired) electrons. The minimum Gasteiger partial charge on any atom is -0.347 e. The molecule has 8 heteroatoms. The highest BCUT2D eigenvalue weighted by Crippen LogP contribution is 2.23. The first-order chi connectivity index (χ1) is 11.8. The Kier molecular flexibility index (Phi) is 4.53. The minimum atomic E-state index is -3.90. The first kappa shape index (κ1) is 17.4. The van der Waals surface area contributed by atoms with Crippen LogP contribution in [0.5, 0.6) is 0 Å². The lowest BCUT2D eigenvalue weighted by Gasteiger charge is -2.09. The van der Waals surface area contributed by atoms with Gasteiger partial charge in [-0.05, 0) is 30.7 Å². The standard InChI is InChI=1S/C17H16ClN3O3S/c1-11-16(25(18,23)24)9-15(21(11)2)17(22)20-10-12-5-3-7-14-13(12)6-4-8-19-14/h3-9H,10H2,1-2H3,(H,20,22). The molecule has 0 bridgehead atoms. The number of carbonyl (C=O) groups is 1. The fourth-order valence-corrected chi connectivity index (χ4v) is 3.93. The topological polar surface area (TPSA) is 81.1 Å². The minimum absolute atomic E-state index is 0.0591. The zero-order chi connectivity index (χ0) is 18.2. The predicted octanol–water partition coefficient (Wildman–Crippen LogP) is 2.74. The fourth-order valence-electron chi connectivity index (χ4n) is 2.72. The summed E-state index contributed by atoms with van der Waals surface area (Å²) in [6.45, 7) is 1.90. The Morgan fingerprint density at radius 1 is 1.28 bits per heavy atom. The maximum Gasteiger partial charge on any atom is 0.268 e. The van der Waals surface area contributed by atoms with Crippen molar-refractivity contribution in [2.75, 3.05) is 0 Å². The number of rotatable bonds is 4. The van der Waals surface area contributed by atoms with Crippen molar-refractivity contribution in [1.82, 2.24) is 14.9 Å². The molecule has 0 saturated carbocycles. The van der Waals surface area contributed by atoms with E-state index < -0.39 is 9.05 Å². The molecule has 0 atom stereocenters. The van der Waals surface area contributed by atoms with E-state index >= 15 is 0 Å². The molecule has 3 aromatic rings. The van der Waals surface area contributed by atoms with Crippen LogP contribution >= 0.6 is 10.7 Å². The van der Waals surface area contributed by atoms with Crippen LogP contribution in [0.3, 0.4) is 0 Å². The Balaban J connectivity index is 1.86. The number of benzene rings is 1. The second-order valence-corrected chi connectivity index (χ2v) is 8.18. The molecule has 1 aromatic carbocycles. The number of nitrogens with one attached hydrogen (secondary N) is 1. The van der Waals surface area contributed by atoms with Gasteiger partial charge in [-0.25, -0.2) is 8.42 Å². The quantitative estimate of drug-likeness (QED) is 0.709. The van der Waals surface area contributed by atoms with Gasteiger partial charge in [-0.1, -0.05) is 18.2 Å². The van der Waals surface area contributed by atoms with E-state index in [2.05, 4.69) is 10.3 Å². The van der Waals surface area contributed by atoms with Gasteiger partial charge in [0.25, 0.3) is 15.0 Å². The van der Waals surface area contributed by atoms with Crippen molar-refractivity contribution in [3.05, 3.63) is 59.5 Å². The summed E-state index contributed by atoms with van der Waals surface area (Å²) in [6.07, 6.45) is 1.71. The maximum atomic E-state index is 12.5. The molecule has 0 aliphatic rings. The van der Waals surface area contributed by atoms with Crippen molar-refractivity contribution >= 4 is 36.5 Å². The molecule has 1 amide bonds. The van der Waals surface area contributed by atoms with E-state index in [1.807, 2.05) is 30.3 Å². The summed E-state index contributed by atoms with van der Waals surface area (Å²) in [6, 6.07) is 10.8. The summed E-state index contributed by atoms with van der Waals surface area (Å²) >= 11 is 0. The van der Waals surface area contributed by atoms with Gasteiger partial charge in [0.2, 0.25) is 0 Å². The first-order valence-corrected chi connectivity index (χ1v) is 9.82. The molecule has 0 spiro atoms. The van der Waals surface area contributed by atoms with Crippen molar-refractivity contribution in [1.29, 1.82) is 0 Å². The Morgan fingerprint density at radius 3 is 2.72 bits per heavy atom.